The van der Waals surface area contributed by atoms with Crippen LogP contribution in [-0.2, 0) is 6.54 Å². The molecule has 2 N–H and O–H groups in total. The summed E-state index contributed by atoms with van der Waals surface area (Å²) >= 11 is 3.48. The van der Waals surface area contributed by atoms with Gasteiger partial charge in [0.25, 0.3) is 0 Å². The van der Waals surface area contributed by atoms with Crippen molar-refractivity contribution in [2.45, 2.75) is 13.5 Å². The van der Waals surface area contributed by atoms with Gasteiger partial charge in [0, 0.05) is 22.3 Å². The lowest BCUT2D eigenvalue weighted by molar-refractivity contribution is 0.784. The molecule has 3 nitrogen and oxygen atoms in total. The molecular weight excluding hydrogens is 266 g/mol. The molecule has 0 radical (unpaired) electrons. The van der Waals surface area contributed by atoms with Crippen LogP contribution in [0.25, 0.3) is 11.3 Å². The number of aromatic nitrogens is 2. The number of aryl methyl sites for hydroxylation is 1. The van der Waals surface area contributed by atoms with Crippen LogP contribution in [0.5, 0.6) is 0 Å². The van der Waals surface area contributed by atoms with Crippen molar-refractivity contribution in [3.05, 3.63) is 40.0 Å². The van der Waals surface area contributed by atoms with Gasteiger partial charge in [-0.15, -0.1) is 0 Å². The van der Waals surface area contributed by atoms with Crippen LogP contribution in [0.1, 0.15) is 11.3 Å². The monoisotopic (exact) mass is 279 g/mol. The molecule has 0 bridgehead atoms. The molecule has 16 heavy (non-hydrogen) atoms. The molecule has 2 rings (SSSR count). The number of nitrogens with zero attached hydrogens (tertiary/aromatic N) is 1. The number of nitrogens with one attached hydrogen (secondary N) is 2. The van der Waals surface area contributed by atoms with Gasteiger partial charge in [-0.3, -0.25) is 5.10 Å². The molecule has 4 heteroatoms. The van der Waals surface area contributed by atoms with E-state index in [0.29, 0.717) is 0 Å². The highest BCUT2D eigenvalue weighted by atomic mass is 79.9. The number of hydrogen-bond acceptors (Lipinski definition) is 2. The van der Waals surface area contributed by atoms with Crippen LogP contribution in [0.4, 0.5) is 0 Å². The Bertz CT molecular complexity index is 491. The smallest absolute Gasteiger partial charge is 0.0927 e. The first-order valence-corrected chi connectivity index (χ1v) is 5.95. The third kappa shape index (κ3) is 2.33. The number of aromatic amines is 1. The van der Waals surface area contributed by atoms with Crippen LogP contribution < -0.4 is 5.32 Å². The molecule has 0 aliphatic heterocycles. The Hall–Kier alpha value is -1.13. The van der Waals surface area contributed by atoms with Gasteiger partial charge in [-0.25, -0.2) is 0 Å². The predicted molar refractivity (Wildman–Crippen MR) is 69.2 cm³/mol. The Labute approximate surface area is 103 Å². The summed E-state index contributed by atoms with van der Waals surface area (Å²) in [4.78, 5) is 0. The van der Waals surface area contributed by atoms with Crippen molar-refractivity contribution in [1.29, 1.82) is 0 Å². The van der Waals surface area contributed by atoms with Gasteiger partial charge in [-0.05, 0) is 37.7 Å². The van der Waals surface area contributed by atoms with Crippen LogP contribution in [-0.4, -0.2) is 17.2 Å². The normalized spacial score (nSPS) is 10.7. The fourth-order valence-electron chi connectivity index (χ4n) is 1.65. The summed E-state index contributed by atoms with van der Waals surface area (Å²) in [5, 5.41) is 10.4. The lowest BCUT2D eigenvalue weighted by Gasteiger charge is -2.02. The maximum absolute atomic E-state index is 4.32. The first kappa shape index (κ1) is 11.4. The Morgan fingerprint density at radius 1 is 1.38 bits per heavy atom. The van der Waals surface area contributed by atoms with E-state index in [1.807, 2.05) is 13.1 Å². The SMILES string of the molecule is CNCc1cc(-c2cc(Br)ccc2C)n[nH]1. The van der Waals surface area contributed by atoms with E-state index in [9.17, 15) is 0 Å². The average molecular weight is 280 g/mol. The van der Waals surface area contributed by atoms with Crippen LogP contribution in [0, 0.1) is 6.92 Å². The molecule has 0 unspecified atom stereocenters. The molecule has 84 valence electrons. The van der Waals surface area contributed by atoms with E-state index < -0.39 is 0 Å². The van der Waals surface area contributed by atoms with Crippen LogP contribution >= 0.6 is 15.9 Å². The van der Waals surface area contributed by atoms with Gasteiger partial charge in [-0.2, -0.15) is 5.10 Å². The van der Waals surface area contributed by atoms with Gasteiger partial charge >= 0.3 is 0 Å². The van der Waals surface area contributed by atoms with Crippen molar-refractivity contribution < 1.29 is 0 Å². The summed E-state index contributed by atoms with van der Waals surface area (Å²) in [5.74, 6) is 0. The number of hydrogen-bond donors (Lipinski definition) is 2. The predicted octanol–water partition coefficient (Wildman–Crippen LogP) is 2.87. The van der Waals surface area contributed by atoms with Gasteiger partial charge < -0.3 is 5.32 Å². The molecule has 1 aromatic heterocycles. The molecule has 0 saturated heterocycles. The summed E-state index contributed by atoms with van der Waals surface area (Å²) in [5.41, 5.74) is 4.47. The zero-order valence-electron chi connectivity index (χ0n) is 9.34. The van der Waals surface area contributed by atoms with Crippen molar-refractivity contribution in [3.8, 4) is 11.3 Å². The third-order valence-corrected chi connectivity index (χ3v) is 2.97. The highest BCUT2D eigenvalue weighted by molar-refractivity contribution is 9.10. The zero-order chi connectivity index (χ0) is 11.5. The Morgan fingerprint density at radius 2 is 2.19 bits per heavy atom. The Kier molecular flexibility index (Phi) is 3.41. The second kappa shape index (κ2) is 4.80. The van der Waals surface area contributed by atoms with E-state index >= 15 is 0 Å². The summed E-state index contributed by atoms with van der Waals surface area (Å²) in [7, 11) is 1.92. The van der Waals surface area contributed by atoms with Crippen LogP contribution in [0.2, 0.25) is 0 Å². The second-order valence-corrected chi connectivity index (χ2v) is 4.68. The largest absolute Gasteiger partial charge is 0.314 e. The lowest BCUT2D eigenvalue weighted by Crippen LogP contribution is -2.04. The van der Waals surface area contributed by atoms with E-state index in [1.165, 1.54) is 5.56 Å². The number of halogens is 1. The van der Waals surface area contributed by atoms with E-state index in [-0.39, 0.29) is 0 Å². The minimum atomic E-state index is 0.806. The molecule has 2 aromatic rings. The Balaban J connectivity index is 2.38. The second-order valence-electron chi connectivity index (χ2n) is 3.77. The highest BCUT2D eigenvalue weighted by Crippen LogP contribution is 2.25. The summed E-state index contributed by atoms with van der Waals surface area (Å²) in [6.07, 6.45) is 0. The lowest BCUT2D eigenvalue weighted by atomic mass is 10.1. The Morgan fingerprint density at radius 3 is 2.94 bits per heavy atom. The summed E-state index contributed by atoms with van der Waals surface area (Å²) < 4.78 is 1.08. The quantitative estimate of drug-likeness (QED) is 0.907. The maximum atomic E-state index is 4.32. The van der Waals surface area contributed by atoms with E-state index in [4.69, 9.17) is 0 Å². The van der Waals surface area contributed by atoms with Crippen molar-refractivity contribution in [2.75, 3.05) is 7.05 Å². The molecule has 0 amide bonds. The third-order valence-electron chi connectivity index (χ3n) is 2.47. The van der Waals surface area contributed by atoms with E-state index in [1.54, 1.807) is 0 Å². The number of rotatable bonds is 3. The molecule has 1 heterocycles. The van der Waals surface area contributed by atoms with Crippen molar-refractivity contribution in [1.82, 2.24) is 15.5 Å². The van der Waals surface area contributed by atoms with Crippen molar-refractivity contribution >= 4 is 15.9 Å². The van der Waals surface area contributed by atoms with E-state index in [0.717, 1.165) is 28.0 Å². The van der Waals surface area contributed by atoms with Crippen LogP contribution in [0.15, 0.2) is 28.7 Å². The molecular formula is C12H14BrN3. The molecule has 0 saturated carbocycles. The van der Waals surface area contributed by atoms with Gasteiger partial charge in [-0.1, -0.05) is 22.0 Å². The number of benzene rings is 1. The average Bonchev–Trinajstić information content (AvgIpc) is 2.71. The fraction of sp³-hybridized carbons (Fsp3) is 0.250. The topological polar surface area (TPSA) is 40.7 Å². The molecule has 0 fully saturated rings. The summed E-state index contributed by atoms with van der Waals surface area (Å²) in [6, 6.07) is 8.30. The molecule has 0 aliphatic carbocycles. The van der Waals surface area contributed by atoms with E-state index in [2.05, 4.69) is 56.6 Å². The molecule has 0 aliphatic rings. The maximum Gasteiger partial charge on any atom is 0.0927 e. The van der Waals surface area contributed by atoms with Gasteiger partial charge in [0.15, 0.2) is 0 Å². The van der Waals surface area contributed by atoms with Gasteiger partial charge in [0.05, 0.1) is 5.69 Å². The van der Waals surface area contributed by atoms with Gasteiger partial charge in [0.1, 0.15) is 0 Å². The minimum absolute atomic E-state index is 0.806. The molecule has 0 spiro atoms. The van der Waals surface area contributed by atoms with Gasteiger partial charge in [0.2, 0.25) is 0 Å². The van der Waals surface area contributed by atoms with Crippen LogP contribution in [0.3, 0.4) is 0 Å². The minimum Gasteiger partial charge on any atom is -0.314 e. The molecule has 0 atom stereocenters. The first-order valence-electron chi connectivity index (χ1n) is 5.16. The standard InChI is InChI=1S/C12H14BrN3/c1-8-3-4-9(13)5-11(8)12-6-10(7-14-2)15-16-12/h3-6,14H,7H2,1-2H3,(H,15,16). The highest BCUT2D eigenvalue weighted by Gasteiger charge is 2.06. The zero-order valence-corrected chi connectivity index (χ0v) is 10.9. The number of H-pyrrole nitrogens is 1. The first-order chi connectivity index (χ1) is 7.70. The van der Waals surface area contributed by atoms with Crippen molar-refractivity contribution in [2.24, 2.45) is 0 Å². The summed E-state index contributed by atoms with van der Waals surface area (Å²) in [6.45, 7) is 2.90. The van der Waals surface area contributed by atoms with Crippen molar-refractivity contribution in [3.63, 3.8) is 0 Å². The molecule has 1 aromatic carbocycles. The fourth-order valence-corrected chi connectivity index (χ4v) is 2.01.